The Morgan fingerprint density at radius 2 is 1.88 bits per heavy atom. The van der Waals surface area contributed by atoms with Crippen molar-refractivity contribution < 1.29 is 14.6 Å². The first-order valence-electron chi connectivity index (χ1n) is 6.55. The summed E-state index contributed by atoms with van der Waals surface area (Å²) in [6.45, 7) is 6.83. The summed E-state index contributed by atoms with van der Waals surface area (Å²) in [6, 6.07) is 0. The number of esters is 1. The van der Waals surface area contributed by atoms with Crippen molar-refractivity contribution in [1.82, 2.24) is 4.90 Å². The summed E-state index contributed by atoms with van der Waals surface area (Å²) in [5, 5.41) is 9.57. The second-order valence-electron chi connectivity index (χ2n) is 5.21. The van der Waals surface area contributed by atoms with Crippen LogP contribution >= 0.6 is 0 Å². The fraction of sp³-hybridized carbons (Fsp3) is 0.923. The zero-order valence-electron chi connectivity index (χ0n) is 11.2. The van der Waals surface area contributed by atoms with E-state index in [1.807, 2.05) is 0 Å². The van der Waals surface area contributed by atoms with Crippen molar-refractivity contribution in [3.8, 4) is 0 Å². The molecule has 0 bridgehead atoms. The number of nitrogens with zero attached hydrogens (tertiary/aromatic N) is 1. The maximum atomic E-state index is 11.1. The Morgan fingerprint density at radius 1 is 1.35 bits per heavy atom. The predicted molar refractivity (Wildman–Crippen MR) is 66.7 cm³/mol. The van der Waals surface area contributed by atoms with Gasteiger partial charge in [-0.2, -0.15) is 0 Å². The molecule has 1 saturated heterocycles. The smallest absolute Gasteiger partial charge is 0.336 e. The van der Waals surface area contributed by atoms with E-state index in [4.69, 9.17) is 0 Å². The van der Waals surface area contributed by atoms with E-state index >= 15 is 0 Å². The topological polar surface area (TPSA) is 49.8 Å². The molecule has 1 aliphatic heterocycles. The fourth-order valence-electron chi connectivity index (χ4n) is 2.99. The van der Waals surface area contributed by atoms with Crippen LogP contribution in [0.5, 0.6) is 0 Å². The first-order valence-corrected chi connectivity index (χ1v) is 6.55. The van der Waals surface area contributed by atoms with Gasteiger partial charge in [0.15, 0.2) is 6.10 Å². The van der Waals surface area contributed by atoms with Crippen LogP contribution in [-0.2, 0) is 9.53 Å². The number of carbonyl (C=O) groups excluding carboxylic acids is 1. The average molecular weight is 243 g/mol. The normalized spacial score (nSPS) is 20.7. The molecule has 1 aliphatic rings. The number of hydrogen-bond donors (Lipinski definition) is 1. The summed E-state index contributed by atoms with van der Waals surface area (Å²) in [5.41, 5.74) is 0.430. The first kappa shape index (κ1) is 14.5. The first-order chi connectivity index (χ1) is 8.06. The van der Waals surface area contributed by atoms with E-state index < -0.39 is 12.1 Å². The van der Waals surface area contributed by atoms with Crippen LogP contribution in [0.3, 0.4) is 0 Å². The third-order valence-corrected chi connectivity index (χ3v) is 3.58. The maximum absolute atomic E-state index is 11.1. The van der Waals surface area contributed by atoms with Crippen molar-refractivity contribution in [2.75, 3.05) is 26.7 Å². The lowest BCUT2D eigenvalue weighted by atomic mass is 9.72. The molecule has 0 saturated carbocycles. The number of aliphatic hydroxyl groups is 1. The van der Waals surface area contributed by atoms with Crippen LogP contribution < -0.4 is 0 Å². The van der Waals surface area contributed by atoms with E-state index in [-0.39, 0.29) is 0 Å². The molecule has 0 amide bonds. The number of rotatable bonds is 7. The van der Waals surface area contributed by atoms with E-state index in [1.165, 1.54) is 32.8 Å². The SMILES string of the molecule is CCCC1(CCC)CN(CC(O)C(=O)OC)C1. The van der Waals surface area contributed by atoms with Gasteiger partial charge in [-0.25, -0.2) is 4.79 Å². The molecule has 0 radical (unpaired) electrons. The molecule has 1 unspecified atom stereocenters. The molecule has 0 aromatic carbocycles. The number of ether oxygens (including phenoxy) is 1. The highest BCUT2D eigenvalue weighted by atomic mass is 16.5. The van der Waals surface area contributed by atoms with Gasteiger partial charge in [0.25, 0.3) is 0 Å². The molecule has 1 fully saturated rings. The molecule has 4 heteroatoms. The molecular weight excluding hydrogens is 218 g/mol. The Labute approximate surface area is 104 Å². The van der Waals surface area contributed by atoms with Crippen molar-refractivity contribution in [2.24, 2.45) is 5.41 Å². The van der Waals surface area contributed by atoms with Gasteiger partial charge in [-0.05, 0) is 18.3 Å². The Hall–Kier alpha value is -0.610. The van der Waals surface area contributed by atoms with E-state index in [9.17, 15) is 9.90 Å². The zero-order valence-corrected chi connectivity index (χ0v) is 11.2. The van der Waals surface area contributed by atoms with E-state index in [0.717, 1.165) is 13.1 Å². The van der Waals surface area contributed by atoms with Gasteiger partial charge in [-0.15, -0.1) is 0 Å². The lowest BCUT2D eigenvalue weighted by Crippen LogP contribution is -2.58. The molecule has 1 atom stereocenters. The summed E-state index contributed by atoms with van der Waals surface area (Å²) in [4.78, 5) is 13.2. The van der Waals surface area contributed by atoms with Gasteiger partial charge < -0.3 is 9.84 Å². The molecular formula is C13H25NO3. The van der Waals surface area contributed by atoms with Crippen LogP contribution in [0.1, 0.15) is 39.5 Å². The summed E-state index contributed by atoms with van der Waals surface area (Å²) in [7, 11) is 1.31. The van der Waals surface area contributed by atoms with Crippen LogP contribution in [0.2, 0.25) is 0 Å². The Morgan fingerprint density at radius 3 is 2.29 bits per heavy atom. The quantitative estimate of drug-likeness (QED) is 0.687. The molecule has 1 heterocycles. The third kappa shape index (κ3) is 3.68. The zero-order chi connectivity index (χ0) is 12.9. The van der Waals surface area contributed by atoms with Crippen molar-refractivity contribution in [1.29, 1.82) is 0 Å². The number of β-amino-alcohol motifs (C(OH)–C–C–N with tert-alkyl or cyclic N) is 1. The van der Waals surface area contributed by atoms with Gasteiger partial charge >= 0.3 is 5.97 Å². The summed E-state index contributed by atoms with van der Waals surface area (Å²) >= 11 is 0. The van der Waals surface area contributed by atoms with E-state index in [2.05, 4.69) is 23.5 Å². The number of likely N-dealkylation sites (tertiary alicyclic amines) is 1. The minimum absolute atomic E-state index is 0.405. The van der Waals surface area contributed by atoms with Crippen LogP contribution in [-0.4, -0.2) is 48.8 Å². The number of aliphatic hydroxyl groups excluding tert-OH is 1. The minimum atomic E-state index is -0.999. The van der Waals surface area contributed by atoms with Crippen LogP contribution in [0.25, 0.3) is 0 Å². The highest BCUT2D eigenvalue weighted by molar-refractivity contribution is 5.74. The predicted octanol–water partition coefficient (Wildman–Crippen LogP) is 1.42. The van der Waals surface area contributed by atoms with Crippen LogP contribution in [0, 0.1) is 5.41 Å². The lowest BCUT2D eigenvalue weighted by Gasteiger charge is -2.51. The fourth-order valence-corrected chi connectivity index (χ4v) is 2.99. The van der Waals surface area contributed by atoms with Gasteiger partial charge in [0.2, 0.25) is 0 Å². The monoisotopic (exact) mass is 243 g/mol. The molecule has 0 aliphatic carbocycles. The van der Waals surface area contributed by atoms with Gasteiger partial charge in [-0.1, -0.05) is 26.7 Å². The lowest BCUT2D eigenvalue weighted by molar-refractivity contribution is -0.153. The summed E-state index contributed by atoms with van der Waals surface area (Å²) < 4.78 is 4.51. The van der Waals surface area contributed by atoms with E-state index in [0.29, 0.717) is 12.0 Å². The molecule has 0 aromatic heterocycles. The van der Waals surface area contributed by atoms with Gasteiger partial charge in [0, 0.05) is 19.6 Å². The van der Waals surface area contributed by atoms with Crippen molar-refractivity contribution in [3.05, 3.63) is 0 Å². The molecule has 4 nitrogen and oxygen atoms in total. The molecule has 0 aromatic rings. The van der Waals surface area contributed by atoms with Crippen molar-refractivity contribution >= 4 is 5.97 Å². The van der Waals surface area contributed by atoms with Gasteiger partial charge in [0.05, 0.1) is 7.11 Å². The molecule has 0 spiro atoms. The minimum Gasteiger partial charge on any atom is -0.467 e. The molecule has 17 heavy (non-hydrogen) atoms. The number of methoxy groups -OCH3 is 1. The van der Waals surface area contributed by atoms with Gasteiger partial charge in [-0.3, -0.25) is 4.90 Å². The Kier molecular flexibility index (Phi) is 5.40. The van der Waals surface area contributed by atoms with Gasteiger partial charge in [0.1, 0.15) is 0 Å². The Bertz CT molecular complexity index is 241. The third-order valence-electron chi connectivity index (χ3n) is 3.58. The average Bonchev–Trinajstić information content (AvgIpc) is 2.26. The second kappa shape index (κ2) is 6.36. The second-order valence-corrected chi connectivity index (χ2v) is 5.21. The maximum Gasteiger partial charge on any atom is 0.336 e. The summed E-state index contributed by atoms with van der Waals surface area (Å²) in [6.07, 6.45) is 3.89. The standard InChI is InChI=1S/C13H25NO3/c1-4-6-13(7-5-2)9-14(10-13)8-11(15)12(16)17-3/h11,15H,4-10H2,1-3H3. The molecule has 1 N–H and O–H groups in total. The van der Waals surface area contributed by atoms with Crippen LogP contribution in [0.4, 0.5) is 0 Å². The molecule has 100 valence electrons. The highest BCUT2D eigenvalue weighted by Gasteiger charge is 2.42. The largest absolute Gasteiger partial charge is 0.467 e. The number of carbonyl (C=O) groups is 1. The van der Waals surface area contributed by atoms with Crippen LogP contribution in [0.15, 0.2) is 0 Å². The van der Waals surface area contributed by atoms with E-state index in [1.54, 1.807) is 0 Å². The Balaban J connectivity index is 2.35. The highest BCUT2D eigenvalue weighted by Crippen LogP contribution is 2.39. The summed E-state index contributed by atoms with van der Waals surface area (Å²) in [5.74, 6) is -0.534. The molecule has 1 rings (SSSR count). The van der Waals surface area contributed by atoms with Crippen molar-refractivity contribution in [2.45, 2.75) is 45.6 Å². The number of hydrogen-bond acceptors (Lipinski definition) is 4. The van der Waals surface area contributed by atoms with Crippen molar-refractivity contribution in [3.63, 3.8) is 0 Å².